The molecule has 0 aliphatic heterocycles. The lowest BCUT2D eigenvalue weighted by atomic mass is 9.99. The van der Waals surface area contributed by atoms with Crippen LogP contribution in [0.3, 0.4) is 0 Å². The number of phenols is 2. The molecule has 0 saturated carbocycles. The first kappa shape index (κ1) is 18.1. The monoisotopic (exact) mass is 390 g/mol. The molecule has 140 valence electrons. The van der Waals surface area contributed by atoms with E-state index in [0.29, 0.717) is 5.02 Å². The van der Waals surface area contributed by atoms with Gasteiger partial charge in [0.1, 0.15) is 11.5 Å². The van der Waals surface area contributed by atoms with E-state index in [2.05, 4.69) is 6.92 Å². The second kappa shape index (κ2) is 7.41. The summed E-state index contributed by atoms with van der Waals surface area (Å²) in [7, 11) is 0. The van der Waals surface area contributed by atoms with E-state index in [9.17, 15) is 10.2 Å². The van der Waals surface area contributed by atoms with Gasteiger partial charge in [-0.15, -0.1) is 0 Å². The van der Waals surface area contributed by atoms with Crippen molar-refractivity contribution in [1.29, 1.82) is 0 Å². The van der Waals surface area contributed by atoms with Crippen LogP contribution in [0.2, 0.25) is 5.02 Å². The van der Waals surface area contributed by atoms with E-state index in [0.717, 1.165) is 40.2 Å². The van der Waals surface area contributed by atoms with Crippen LogP contribution in [0, 0.1) is 0 Å². The Labute approximate surface area is 168 Å². The summed E-state index contributed by atoms with van der Waals surface area (Å²) in [5, 5.41) is 24.9. The molecular weight excluding hydrogens is 372 g/mol. The summed E-state index contributed by atoms with van der Waals surface area (Å²) in [5.41, 5.74) is 5.62. The van der Waals surface area contributed by atoms with Crippen LogP contribution in [-0.2, 0) is 6.42 Å². The molecule has 4 nitrogen and oxygen atoms in total. The Balaban J connectivity index is 2.00. The number of hydrogen-bond donors (Lipinski definition) is 2. The highest BCUT2D eigenvalue weighted by atomic mass is 35.5. The van der Waals surface area contributed by atoms with Gasteiger partial charge >= 0.3 is 0 Å². The third-order valence-corrected chi connectivity index (χ3v) is 4.91. The Morgan fingerprint density at radius 1 is 0.857 bits per heavy atom. The molecule has 2 N–H and O–H groups in total. The van der Waals surface area contributed by atoms with Gasteiger partial charge in [-0.25, -0.2) is 4.68 Å². The number of rotatable bonds is 4. The predicted molar refractivity (Wildman–Crippen MR) is 112 cm³/mol. The van der Waals surface area contributed by atoms with Gasteiger partial charge in [-0.1, -0.05) is 24.6 Å². The van der Waals surface area contributed by atoms with E-state index in [1.54, 1.807) is 24.3 Å². The molecular formula is C23H19ClN2O2. The molecule has 0 saturated heterocycles. The Morgan fingerprint density at radius 3 is 2.04 bits per heavy atom. The average molecular weight is 391 g/mol. The van der Waals surface area contributed by atoms with Crippen molar-refractivity contribution in [1.82, 2.24) is 9.78 Å². The molecule has 1 aromatic heterocycles. The van der Waals surface area contributed by atoms with Gasteiger partial charge in [-0.3, -0.25) is 0 Å². The minimum absolute atomic E-state index is 0.217. The standard InChI is InChI=1S/C23H19ClN2O2/c1-2-21-22(15-6-10-19(27)11-7-15)25-26(18-5-3-4-17(24)14-18)23(21)16-8-12-20(28)13-9-16/h3-14,27-28H,2H2,1H3. The molecule has 0 atom stereocenters. The van der Waals surface area contributed by atoms with E-state index in [4.69, 9.17) is 16.7 Å². The van der Waals surface area contributed by atoms with Crippen molar-refractivity contribution in [2.24, 2.45) is 0 Å². The maximum absolute atomic E-state index is 9.70. The summed E-state index contributed by atoms with van der Waals surface area (Å²) in [6.45, 7) is 2.09. The number of aromatic hydroxyl groups is 2. The Morgan fingerprint density at radius 2 is 1.46 bits per heavy atom. The van der Waals surface area contributed by atoms with Gasteiger partial charge in [0.05, 0.1) is 17.1 Å². The van der Waals surface area contributed by atoms with Crippen LogP contribution in [0.5, 0.6) is 11.5 Å². The molecule has 0 aliphatic rings. The first-order valence-electron chi connectivity index (χ1n) is 9.03. The van der Waals surface area contributed by atoms with Gasteiger partial charge in [-0.05, 0) is 73.2 Å². The van der Waals surface area contributed by atoms with Crippen LogP contribution >= 0.6 is 11.6 Å². The molecule has 0 unspecified atom stereocenters. The normalized spacial score (nSPS) is 10.9. The third kappa shape index (κ3) is 3.35. The minimum atomic E-state index is 0.217. The van der Waals surface area contributed by atoms with Crippen LogP contribution < -0.4 is 0 Å². The van der Waals surface area contributed by atoms with E-state index < -0.39 is 0 Å². The minimum Gasteiger partial charge on any atom is -0.508 e. The molecule has 1 heterocycles. The molecule has 0 aliphatic carbocycles. The average Bonchev–Trinajstić information content (AvgIpc) is 3.09. The first-order valence-corrected chi connectivity index (χ1v) is 9.41. The van der Waals surface area contributed by atoms with Crippen LogP contribution in [-0.4, -0.2) is 20.0 Å². The second-order valence-corrected chi connectivity index (χ2v) is 6.95. The zero-order valence-electron chi connectivity index (χ0n) is 15.3. The molecule has 0 amide bonds. The third-order valence-electron chi connectivity index (χ3n) is 4.67. The zero-order chi connectivity index (χ0) is 19.7. The summed E-state index contributed by atoms with van der Waals surface area (Å²) in [4.78, 5) is 0. The van der Waals surface area contributed by atoms with Crippen molar-refractivity contribution in [3.05, 3.63) is 83.4 Å². The summed E-state index contributed by atoms with van der Waals surface area (Å²) >= 11 is 6.23. The fraction of sp³-hybridized carbons (Fsp3) is 0.0870. The quantitative estimate of drug-likeness (QED) is 0.460. The van der Waals surface area contributed by atoms with Gasteiger partial charge in [0, 0.05) is 21.7 Å². The summed E-state index contributed by atoms with van der Waals surface area (Å²) in [5.74, 6) is 0.434. The smallest absolute Gasteiger partial charge is 0.115 e. The van der Waals surface area contributed by atoms with Gasteiger partial charge in [-0.2, -0.15) is 5.10 Å². The highest BCUT2D eigenvalue weighted by molar-refractivity contribution is 6.30. The number of benzene rings is 3. The van der Waals surface area contributed by atoms with Crippen LogP contribution in [0.25, 0.3) is 28.2 Å². The topological polar surface area (TPSA) is 58.3 Å². The predicted octanol–water partition coefficient (Wildman–Crippen LogP) is 5.83. The van der Waals surface area contributed by atoms with E-state index in [1.165, 1.54) is 0 Å². The molecule has 0 radical (unpaired) electrons. The highest BCUT2D eigenvalue weighted by Gasteiger charge is 2.20. The fourth-order valence-electron chi connectivity index (χ4n) is 3.35. The molecule has 0 spiro atoms. The van der Waals surface area contributed by atoms with Crippen molar-refractivity contribution < 1.29 is 10.2 Å². The number of nitrogens with zero attached hydrogens (tertiary/aromatic N) is 2. The van der Waals surface area contributed by atoms with Crippen LogP contribution in [0.1, 0.15) is 12.5 Å². The fourth-order valence-corrected chi connectivity index (χ4v) is 3.53. The first-order chi connectivity index (χ1) is 13.6. The number of halogens is 1. The van der Waals surface area contributed by atoms with E-state index in [-0.39, 0.29) is 11.5 Å². The summed E-state index contributed by atoms with van der Waals surface area (Å²) in [6, 6.07) is 21.7. The van der Waals surface area contributed by atoms with Crippen LogP contribution in [0.4, 0.5) is 0 Å². The van der Waals surface area contributed by atoms with Crippen LogP contribution in [0.15, 0.2) is 72.8 Å². The van der Waals surface area contributed by atoms with Crippen molar-refractivity contribution in [2.75, 3.05) is 0 Å². The largest absolute Gasteiger partial charge is 0.508 e. The van der Waals surface area contributed by atoms with Crippen molar-refractivity contribution in [3.8, 4) is 39.7 Å². The van der Waals surface area contributed by atoms with Gasteiger partial charge in [0.2, 0.25) is 0 Å². The highest BCUT2D eigenvalue weighted by Crippen LogP contribution is 2.36. The van der Waals surface area contributed by atoms with E-state index in [1.807, 2.05) is 53.2 Å². The molecule has 0 fully saturated rings. The maximum atomic E-state index is 9.70. The zero-order valence-corrected chi connectivity index (χ0v) is 16.1. The molecule has 4 rings (SSSR count). The number of phenolic OH excluding ortho intramolecular Hbond substituents is 2. The Bertz CT molecular complexity index is 1120. The molecule has 5 heteroatoms. The Hall–Kier alpha value is -3.24. The van der Waals surface area contributed by atoms with E-state index >= 15 is 0 Å². The second-order valence-electron chi connectivity index (χ2n) is 6.51. The SMILES string of the molecule is CCc1c(-c2ccc(O)cc2)nn(-c2cccc(Cl)c2)c1-c1ccc(O)cc1. The van der Waals surface area contributed by atoms with Crippen molar-refractivity contribution >= 4 is 11.6 Å². The Kier molecular flexibility index (Phi) is 4.80. The lowest BCUT2D eigenvalue weighted by Crippen LogP contribution is -2.00. The van der Waals surface area contributed by atoms with Gasteiger partial charge < -0.3 is 10.2 Å². The molecule has 4 aromatic rings. The van der Waals surface area contributed by atoms with Crippen molar-refractivity contribution in [2.45, 2.75) is 13.3 Å². The van der Waals surface area contributed by atoms with Crippen molar-refractivity contribution in [3.63, 3.8) is 0 Å². The summed E-state index contributed by atoms with van der Waals surface area (Å²) < 4.78 is 1.89. The maximum Gasteiger partial charge on any atom is 0.115 e. The molecule has 3 aromatic carbocycles. The lowest BCUT2D eigenvalue weighted by molar-refractivity contribution is 0.475. The molecule has 28 heavy (non-hydrogen) atoms. The number of aromatic nitrogens is 2. The van der Waals surface area contributed by atoms with Gasteiger partial charge in [0.15, 0.2) is 0 Å². The summed E-state index contributed by atoms with van der Waals surface area (Å²) in [6.07, 6.45) is 0.771. The molecule has 0 bridgehead atoms. The van der Waals surface area contributed by atoms with Gasteiger partial charge in [0.25, 0.3) is 0 Å². The number of hydrogen-bond acceptors (Lipinski definition) is 3. The lowest BCUT2D eigenvalue weighted by Gasteiger charge is -2.10.